The first-order chi connectivity index (χ1) is 17.8. The van der Waals surface area contributed by atoms with Crippen LogP contribution in [-0.4, -0.2) is 39.0 Å². The Morgan fingerprint density at radius 1 is 1.08 bits per heavy atom. The third kappa shape index (κ3) is 5.17. The van der Waals surface area contributed by atoms with Gasteiger partial charge in [-0.15, -0.1) is 0 Å². The number of rotatable bonds is 4. The van der Waals surface area contributed by atoms with E-state index in [1.807, 2.05) is 26.0 Å². The number of aryl methyl sites for hydroxylation is 2. The van der Waals surface area contributed by atoms with E-state index in [0.29, 0.717) is 48.4 Å². The smallest absolute Gasteiger partial charge is 0.322 e. The molecule has 0 spiro atoms. The van der Waals surface area contributed by atoms with Gasteiger partial charge in [-0.3, -0.25) is 0 Å². The second kappa shape index (κ2) is 10.3. The highest BCUT2D eigenvalue weighted by molar-refractivity contribution is 6.30. The van der Waals surface area contributed by atoms with Gasteiger partial charge in [-0.2, -0.15) is 0 Å². The third-order valence-corrected chi connectivity index (χ3v) is 6.66. The lowest BCUT2D eigenvalue weighted by Crippen LogP contribution is -2.41. The van der Waals surface area contributed by atoms with Crippen LogP contribution < -0.4 is 5.32 Å². The highest BCUT2D eigenvalue weighted by Gasteiger charge is 2.30. The molecule has 0 unspecified atom stereocenters. The first-order valence-corrected chi connectivity index (χ1v) is 12.2. The fraction of sp³-hybridized carbons (Fsp3) is 0.259. The van der Waals surface area contributed by atoms with Gasteiger partial charge in [0.2, 0.25) is 5.89 Å². The van der Waals surface area contributed by atoms with Crippen molar-refractivity contribution < 1.29 is 18.0 Å². The molecule has 1 aliphatic rings. The zero-order valence-corrected chi connectivity index (χ0v) is 21.0. The average Bonchev–Trinajstić information content (AvgIpc) is 3.36. The van der Waals surface area contributed by atoms with E-state index >= 15 is 0 Å². The summed E-state index contributed by atoms with van der Waals surface area (Å²) in [6.45, 7) is 4.52. The number of piperidine rings is 1. The van der Waals surface area contributed by atoms with Crippen molar-refractivity contribution in [1.29, 1.82) is 0 Å². The van der Waals surface area contributed by atoms with Crippen LogP contribution in [0.4, 0.5) is 19.3 Å². The normalized spacial score (nSPS) is 14.1. The number of carbonyl (C=O) groups excluding carboxylic acids is 1. The van der Waals surface area contributed by atoms with Crippen molar-refractivity contribution in [1.82, 2.24) is 19.9 Å². The standard InChI is InChI=1S/C27H24ClF2N5O2/c1-15-23(26-31-14-22(37-26)18-5-3-6-19(28)13-18)24(33-16(2)32-15)17-9-11-35(12-10-17)27(36)34-25-20(29)7-4-8-21(25)30/h3-8,13-14,17H,9-12H2,1-2H3,(H,34,36). The van der Waals surface area contributed by atoms with Crippen LogP contribution in [0.3, 0.4) is 0 Å². The Kier molecular flexibility index (Phi) is 6.88. The minimum absolute atomic E-state index is 0.0196. The highest BCUT2D eigenvalue weighted by atomic mass is 35.5. The van der Waals surface area contributed by atoms with Crippen LogP contribution >= 0.6 is 11.6 Å². The maximum absolute atomic E-state index is 14.0. The number of hydrogen-bond donors (Lipinski definition) is 1. The van der Waals surface area contributed by atoms with Gasteiger partial charge < -0.3 is 14.6 Å². The van der Waals surface area contributed by atoms with E-state index in [0.717, 1.165) is 34.6 Å². The van der Waals surface area contributed by atoms with Gasteiger partial charge in [0.25, 0.3) is 0 Å². The minimum atomic E-state index is -0.817. The molecule has 5 rings (SSSR count). The first-order valence-electron chi connectivity index (χ1n) is 11.9. The maximum Gasteiger partial charge on any atom is 0.322 e. The molecule has 7 nitrogen and oxygen atoms in total. The topological polar surface area (TPSA) is 84.2 Å². The number of nitrogens with one attached hydrogen (secondary N) is 1. The van der Waals surface area contributed by atoms with E-state index in [-0.39, 0.29) is 5.92 Å². The predicted molar refractivity (Wildman–Crippen MR) is 136 cm³/mol. The molecule has 190 valence electrons. The monoisotopic (exact) mass is 523 g/mol. The van der Waals surface area contributed by atoms with Crippen LogP contribution in [0.25, 0.3) is 22.8 Å². The molecule has 1 saturated heterocycles. The molecule has 10 heteroatoms. The summed E-state index contributed by atoms with van der Waals surface area (Å²) in [5.41, 5.74) is 2.65. The van der Waals surface area contributed by atoms with E-state index in [1.165, 1.54) is 6.07 Å². The fourth-order valence-corrected chi connectivity index (χ4v) is 4.81. The molecule has 1 aliphatic heterocycles. The number of urea groups is 1. The fourth-order valence-electron chi connectivity index (χ4n) is 4.62. The Labute approximate surface area is 217 Å². The average molecular weight is 524 g/mol. The van der Waals surface area contributed by atoms with Gasteiger partial charge in [-0.05, 0) is 51.0 Å². The molecule has 0 saturated carbocycles. The van der Waals surface area contributed by atoms with Crippen LogP contribution in [0, 0.1) is 25.5 Å². The van der Waals surface area contributed by atoms with Crippen LogP contribution in [0.5, 0.6) is 0 Å². The van der Waals surface area contributed by atoms with Gasteiger partial charge in [0.1, 0.15) is 23.1 Å². The summed E-state index contributed by atoms with van der Waals surface area (Å²) in [6.07, 6.45) is 2.87. The number of likely N-dealkylation sites (tertiary alicyclic amines) is 1. The van der Waals surface area contributed by atoms with E-state index in [1.54, 1.807) is 23.2 Å². The van der Waals surface area contributed by atoms with Crippen molar-refractivity contribution in [3.8, 4) is 22.8 Å². The van der Waals surface area contributed by atoms with Gasteiger partial charge in [-0.1, -0.05) is 29.8 Å². The van der Waals surface area contributed by atoms with Crippen molar-refractivity contribution in [2.24, 2.45) is 0 Å². The Morgan fingerprint density at radius 2 is 1.78 bits per heavy atom. The van der Waals surface area contributed by atoms with Crippen LogP contribution in [0.15, 0.2) is 53.1 Å². The lowest BCUT2D eigenvalue weighted by molar-refractivity contribution is 0.194. The summed E-state index contributed by atoms with van der Waals surface area (Å²) >= 11 is 6.13. The largest absolute Gasteiger partial charge is 0.436 e. The number of aromatic nitrogens is 3. The minimum Gasteiger partial charge on any atom is -0.436 e. The van der Waals surface area contributed by atoms with Gasteiger partial charge >= 0.3 is 6.03 Å². The highest BCUT2D eigenvalue weighted by Crippen LogP contribution is 2.37. The van der Waals surface area contributed by atoms with Crippen molar-refractivity contribution >= 4 is 23.3 Å². The van der Waals surface area contributed by atoms with Gasteiger partial charge in [0.15, 0.2) is 5.76 Å². The molecule has 3 heterocycles. The third-order valence-electron chi connectivity index (χ3n) is 6.42. The number of oxazole rings is 1. The van der Waals surface area contributed by atoms with E-state index in [4.69, 9.17) is 21.0 Å². The molecule has 0 aliphatic carbocycles. The number of nitrogens with zero attached hydrogens (tertiary/aromatic N) is 4. The zero-order valence-electron chi connectivity index (χ0n) is 20.3. The lowest BCUT2D eigenvalue weighted by Gasteiger charge is -2.32. The molecule has 37 heavy (non-hydrogen) atoms. The molecule has 0 atom stereocenters. The van der Waals surface area contributed by atoms with Crippen molar-refractivity contribution in [2.45, 2.75) is 32.6 Å². The molecular weight excluding hydrogens is 500 g/mol. The van der Waals surface area contributed by atoms with Crippen molar-refractivity contribution in [2.75, 3.05) is 18.4 Å². The molecule has 0 bridgehead atoms. The lowest BCUT2D eigenvalue weighted by atomic mass is 9.90. The number of carbonyl (C=O) groups is 1. The molecule has 2 aromatic carbocycles. The van der Waals surface area contributed by atoms with E-state index < -0.39 is 23.4 Å². The van der Waals surface area contributed by atoms with Gasteiger partial charge in [0, 0.05) is 29.6 Å². The van der Waals surface area contributed by atoms with Gasteiger partial charge in [-0.25, -0.2) is 28.5 Å². The second-order valence-corrected chi connectivity index (χ2v) is 9.38. The van der Waals surface area contributed by atoms with E-state index in [9.17, 15) is 13.6 Å². The van der Waals surface area contributed by atoms with Crippen LogP contribution in [-0.2, 0) is 0 Å². The molecule has 2 amide bonds. The van der Waals surface area contributed by atoms with Crippen molar-refractivity contribution in [3.63, 3.8) is 0 Å². The Balaban J connectivity index is 1.36. The first kappa shape index (κ1) is 24.8. The van der Waals surface area contributed by atoms with Gasteiger partial charge in [0.05, 0.1) is 23.1 Å². The summed E-state index contributed by atoms with van der Waals surface area (Å²) in [5.74, 6) is 0.0121. The maximum atomic E-state index is 14.0. The molecule has 4 aromatic rings. The second-order valence-electron chi connectivity index (χ2n) is 8.94. The van der Waals surface area contributed by atoms with E-state index in [2.05, 4.69) is 15.3 Å². The summed E-state index contributed by atoms with van der Waals surface area (Å²) in [6, 6.07) is 10.2. The number of halogens is 3. The number of hydrogen-bond acceptors (Lipinski definition) is 5. The number of para-hydroxylation sites is 1. The zero-order chi connectivity index (χ0) is 26.1. The number of benzene rings is 2. The van der Waals surface area contributed by atoms with Crippen molar-refractivity contribution in [3.05, 3.63) is 82.5 Å². The molecule has 1 fully saturated rings. The Morgan fingerprint density at radius 3 is 2.49 bits per heavy atom. The Hall–Kier alpha value is -3.85. The molecule has 2 aromatic heterocycles. The summed E-state index contributed by atoms with van der Waals surface area (Å²) < 4.78 is 34.0. The molecular formula is C27H24ClF2N5O2. The summed E-state index contributed by atoms with van der Waals surface area (Å²) in [4.78, 5) is 28.0. The summed E-state index contributed by atoms with van der Waals surface area (Å²) in [7, 11) is 0. The number of anilines is 1. The van der Waals surface area contributed by atoms with Crippen LogP contribution in [0.1, 0.15) is 36.0 Å². The summed E-state index contributed by atoms with van der Waals surface area (Å²) in [5, 5.41) is 2.95. The Bertz CT molecular complexity index is 1450. The quantitative estimate of drug-likeness (QED) is 0.319. The predicted octanol–water partition coefficient (Wildman–Crippen LogP) is 6.76. The molecule has 0 radical (unpaired) electrons. The van der Waals surface area contributed by atoms with Crippen LogP contribution in [0.2, 0.25) is 5.02 Å². The molecule has 1 N–H and O–H groups in total. The SMILES string of the molecule is Cc1nc(C)c(-c2ncc(-c3cccc(Cl)c3)o2)c(C2CCN(C(=O)Nc3c(F)cccc3F)CC2)n1. The number of amides is 2.